The van der Waals surface area contributed by atoms with Crippen LogP contribution in [0.1, 0.15) is 23.4 Å². The van der Waals surface area contributed by atoms with Crippen molar-refractivity contribution in [2.75, 3.05) is 6.54 Å². The number of nitrogens with two attached hydrogens (primary N) is 1. The average molecular weight is 230 g/mol. The summed E-state index contributed by atoms with van der Waals surface area (Å²) in [6.45, 7) is 0.472. The SMILES string of the molecule is NCCc1nc2ncc3c(c2c(=O)[nH]1)CCC3. The Labute approximate surface area is 98.1 Å². The first-order chi connectivity index (χ1) is 8.29. The number of hydrogen-bond donors (Lipinski definition) is 2. The lowest BCUT2D eigenvalue weighted by Crippen LogP contribution is -2.17. The van der Waals surface area contributed by atoms with Gasteiger partial charge in [0.15, 0.2) is 5.65 Å². The first-order valence-electron chi connectivity index (χ1n) is 5.89. The van der Waals surface area contributed by atoms with Crippen molar-refractivity contribution in [3.63, 3.8) is 0 Å². The van der Waals surface area contributed by atoms with Crippen molar-refractivity contribution in [1.29, 1.82) is 0 Å². The molecule has 5 nitrogen and oxygen atoms in total. The van der Waals surface area contributed by atoms with E-state index in [1.807, 2.05) is 6.20 Å². The highest BCUT2D eigenvalue weighted by Crippen LogP contribution is 2.25. The number of aromatic amines is 1. The monoisotopic (exact) mass is 230 g/mol. The van der Waals surface area contributed by atoms with E-state index in [4.69, 9.17) is 5.73 Å². The Morgan fingerprint density at radius 1 is 1.41 bits per heavy atom. The third-order valence-corrected chi connectivity index (χ3v) is 3.24. The Morgan fingerprint density at radius 2 is 2.29 bits per heavy atom. The van der Waals surface area contributed by atoms with E-state index in [0.29, 0.717) is 29.8 Å². The molecular formula is C12H14N4O. The second-order valence-corrected chi connectivity index (χ2v) is 4.37. The molecule has 1 aliphatic rings. The summed E-state index contributed by atoms with van der Waals surface area (Å²) >= 11 is 0. The third kappa shape index (κ3) is 1.63. The molecule has 0 aliphatic heterocycles. The number of nitrogens with one attached hydrogen (secondary N) is 1. The maximum atomic E-state index is 12.1. The lowest BCUT2D eigenvalue weighted by atomic mass is 10.1. The van der Waals surface area contributed by atoms with Crippen LogP contribution < -0.4 is 11.3 Å². The minimum atomic E-state index is -0.0790. The van der Waals surface area contributed by atoms with Crippen LogP contribution in [0.4, 0.5) is 0 Å². The van der Waals surface area contributed by atoms with Crippen LogP contribution in [0.25, 0.3) is 11.0 Å². The van der Waals surface area contributed by atoms with Crippen LogP contribution in [0, 0.1) is 0 Å². The van der Waals surface area contributed by atoms with Crippen molar-refractivity contribution in [2.24, 2.45) is 5.73 Å². The zero-order valence-electron chi connectivity index (χ0n) is 9.49. The standard InChI is InChI=1S/C12H14N4O/c13-5-4-9-15-11-10(12(17)16-9)8-3-1-2-7(8)6-14-11/h6H,1-5,13H2,(H,14,15,16,17). The van der Waals surface area contributed by atoms with Gasteiger partial charge in [-0.25, -0.2) is 9.97 Å². The lowest BCUT2D eigenvalue weighted by molar-refractivity contribution is 0.865. The van der Waals surface area contributed by atoms with Crippen LogP contribution >= 0.6 is 0 Å². The third-order valence-electron chi connectivity index (χ3n) is 3.24. The summed E-state index contributed by atoms with van der Waals surface area (Å²) < 4.78 is 0. The van der Waals surface area contributed by atoms with Gasteiger partial charge < -0.3 is 10.7 Å². The molecule has 3 N–H and O–H groups in total. The zero-order chi connectivity index (χ0) is 11.8. The van der Waals surface area contributed by atoms with Gasteiger partial charge in [-0.05, 0) is 36.9 Å². The van der Waals surface area contributed by atoms with Crippen LogP contribution in [-0.2, 0) is 19.3 Å². The summed E-state index contributed by atoms with van der Waals surface area (Å²) in [6.07, 6.45) is 5.49. The molecule has 1 aliphatic carbocycles. The summed E-state index contributed by atoms with van der Waals surface area (Å²) in [5, 5.41) is 0.667. The van der Waals surface area contributed by atoms with Gasteiger partial charge in [-0.1, -0.05) is 0 Å². The fourth-order valence-electron chi connectivity index (χ4n) is 2.46. The number of aromatic nitrogens is 3. The predicted octanol–water partition coefficient (Wildman–Crippen LogP) is 0.308. The van der Waals surface area contributed by atoms with Gasteiger partial charge in [0.1, 0.15) is 5.82 Å². The van der Waals surface area contributed by atoms with E-state index < -0.39 is 0 Å². The minimum absolute atomic E-state index is 0.0790. The predicted molar refractivity (Wildman–Crippen MR) is 64.9 cm³/mol. The number of fused-ring (bicyclic) bond motifs is 3. The molecule has 0 saturated heterocycles. The van der Waals surface area contributed by atoms with Gasteiger partial charge in [-0.3, -0.25) is 4.79 Å². The summed E-state index contributed by atoms with van der Waals surface area (Å²) in [5.41, 5.74) is 8.26. The quantitative estimate of drug-likeness (QED) is 0.777. The second kappa shape index (κ2) is 3.92. The summed E-state index contributed by atoms with van der Waals surface area (Å²) in [4.78, 5) is 23.5. The molecule has 0 unspecified atom stereocenters. The molecule has 0 spiro atoms. The number of aryl methyl sites for hydroxylation is 2. The number of rotatable bonds is 2. The second-order valence-electron chi connectivity index (χ2n) is 4.37. The summed E-state index contributed by atoms with van der Waals surface area (Å²) in [6, 6.07) is 0. The van der Waals surface area contributed by atoms with Crippen molar-refractivity contribution < 1.29 is 0 Å². The van der Waals surface area contributed by atoms with Crippen LogP contribution in [0.3, 0.4) is 0 Å². The Morgan fingerprint density at radius 3 is 3.12 bits per heavy atom. The Balaban J connectivity index is 2.29. The fraction of sp³-hybridized carbons (Fsp3) is 0.417. The molecule has 0 amide bonds. The highest BCUT2D eigenvalue weighted by atomic mass is 16.1. The normalized spacial score (nSPS) is 14.2. The number of nitrogens with zero attached hydrogens (tertiary/aromatic N) is 2. The van der Waals surface area contributed by atoms with Gasteiger partial charge in [0, 0.05) is 12.6 Å². The highest BCUT2D eigenvalue weighted by Gasteiger charge is 2.17. The molecule has 0 radical (unpaired) electrons. The van der Waals surface area contributed by atoms with Crippen LogP contribution in [0.5, 0.6) is 0 Å². The van der Waals surface area contributed by atoms with Gasteiger partial charge in [0.05, 0.1) is 5.39 Å². The molecule has 2 aromatic rings. The number of pyridine rings is 1. The maximum Gasteiger partial charge on any atom is 0.260 e. The van der Waals surface area contributed by atoms with E-state index in [9.17, 15) is 4.79 Å². The smallest absolute Gasteiger partial charge is 0.260 e. The van der Waals surface area contributed by atoms with E-state index >= 15 is 0 Å². The van der Waals surface area contributed by atoms with Gasteiger partial charge >= 0.3 is 0 Å². The van der Waals surface area contributed by atoms with Crippen molar-refractivity contribution in [3.8, 4) is 0 Å². The maximum absolute atomic E-state index is 12.1. The van der Waals surface area contributed by atoms with E-state index in [1.54, 1.807) is 0 Å². The number of H-pyrrole nitrogens is 1. The Kier molecular flexibility index (Phi) is 2.40. The van der Waals surface area contributed by atoms with E-state index in [-0.39, 0.29) is 5.56 Å². The number of hydrogen-bond acceptors (Lipinski definition) is 4. The molecular weight excluding hydrogens is 216 g/mol. The summed E-state index contributed by atoms with van der Waals surface area (Å²) in [7, 11) is 0. The molecule has 0 bridgehead atoms. The Bertz CT molecular complexity index is 632. The largest absolute Gasteiger partial charge is 0.330 e. The topological polar surface area (TPSA) is 84.7 Å². The van der Waals surface area contributed by atoms with Crippen LogP contribution in [0.2, 0.25) is 0 Å². The minimum Gasteiger partial charge on any atom is -0.330 e. The van der Waals surface area contributed by atoms with Crippen molar-refractivity contribution in [1.82, 2.24) is 15.0 Å². The van der Waals surface area contributed by atoms with Gasteiger partial charge in [0.2, 0.25) is 0 Å². The van der Waals surface area contributed by atoms with E-state index in [2.05, 4.69) is 15.0 Å². The van der Waals surface area contributed by atoms with Crippen molar-refractivity contribution in [2.45, 2.75) is 25.7 Å². The van der Waals surface area contributed by atoms with Crippen molar-refractivity contribution in [3.05, 3.63) is 33.5 Å². The molecule has 3 rings (SSSR count). The molecule has 17 heavy (non-hydrogen) atoms. The zero-order valence-corrected chi connectivity index (χ0v) is 9.49. The first-order valence-corrected chi connectivity index (χ1v) is 5.89. The summed E-state index contributed by atoms with van der Waals surface area (Å²) in [5.74, 6) is 0.621. The Hall–Kier alpha value is -1.75. The van der Waals surface area contributed by atoms with Gasteiger partial charge in [0.25, 0.3) is 5.56 Å². The van der Waals surface area contributed by atoms with Crippen LogP contribution in [-0.4, -0.2) is 21.5 Å². The van der Waals surface area contributed by atoms with Crippen molar-refractivity contribution >= 4 is 11.0 Å². The van der Waals surface area contributed by atoms with E-state index in [0.717, 1.165) is 24.8 Å². The van der Waals surface area contributed by atoms with Crippen LogP contribution in [0.15, 0.2) is 11.0 Å². The molecule has 2 aromatic heterocycles. The molecule has 88 valence electrons. The molecule has 0 atom stereocenters. The molecule has 2 heterocycles. The first kappa shape index (κ1) is 10.4. The molecule has 0 aromatic carbocycles. The highest BCUT2D eigenvalue weighted by molar-refractivity contribution is 5.79. The molecule has 0 fully saturated rings. The fourth-order valence-corrected chi connectivity index (χ4v) is 2.46. The molecule has 0 saturated carbocycles. The molecule has 5 heteroatoms. The lowest BCUT2D eigenvalue weighted by Gasteiger charge is -2.05. The van der Waals surface area contributed by atoms with Gasteiger partial charge in [-0.15, -0.1) is 0 Å². The van der Waals surface area contributed by atoms with Gasteiger partial charge in [-0.2, -0.15) is 0 Å². The van der Waals surface area contributed by atoms with E-state index in [1.165, 1.54) is 5.56 Å². The average Bonchev–Trinajstić information content (AvgIpc) is 2.76.